The van der Waals surface area contributed by atoms with Gasteiger partial charge >= 0.3 is 6.03 Å². The Balaban J connectivity index is 1.90. The van der Waals surface area contributed by atoms with E-state index < -0.39 is 4.92 Å². The van der Waals surface area contributed by atoms with Crippen LogP contribution in [0.2, 0.25) is 0 Å². The van der Waals surface area contributed by atoms with Crippen molar-refractivity contribution in [3.63, 3.8) is 0 Å². The molecule has 0 aromatic heterocycles. The monoisotopic (exact) mass is 279 g/mol. The summed E-state index contributed by atoms with van der Waals surface area (Å²) in [5, 5.41) is 22.1. The highest BCUT2D eigenvalue weighted by molar-refractivity contribution is 5.89. The Hall–Kier alpha value is -2.15. The van der Waals surface area contributed by atoms with E-state index in [1.807, 2.05) is 0 Å². The smallest absolute Gasteiger partial charge is 0.321 e. The number of amides is 2. The van der Waals surface area contributed by atoms with Gasteiger partial charge in [-0.05, 0) is 30.9 Å². The van der Waals surface area contributed by atoms with E-state index in [2.05, 4.69) is 5.32 Å². The molecule has 1 atom stereocenters. The summed E-state index contributed by atoms with van der Waals surface area (Å²) in [5.41, 5.74) is 0.526. The molecule has 2 N–H and O–H groups in total. The summed E-state index contributed by atoms with van der Waals surface area (Å²) in [7, 11) is 0. The number of aliphatic hydroxyl groups is 1. The van der Waals surface area contributed by atoms with Crippen molar-refractivity contribution in [2.24, 2.45) is 5.92 Å². The number of carbonyl (C=O) groups excluding carboxylic acids is 1. The second kappa shape index (κ2) is 6.33. The number of non-ortho nitro benzene ring substituents is 1. The first-order valence-corrected chi connectivity index (χ1v) is 6.51. The van der Waals surface area contributed by atoms with Crippen molar-refractivity contribution in [3.8, 4) is 0 Å². The second-order valence-corrected chi connectivity index (χ2v) is 4.85. The maximum Gasteiger partial charge on any atom is 0.321 e. The van der Waals surface area contributed by atoms with Crippen LogP contribution in [0.4, 0.5) is 16.2 Å². The molecule has 0 aliphatic carbocycles. The third-order valence-electron chi connectivity index (χ3n) is 3.44. The van der Waals surface area contributed by atoms with Crippen LogP contribution in [0.15, 0.2) is 24.3 Å². The Morgan fingerprint density at radius 1 is 1.45 bits per heavy atom. The lowest BCUT2D eigenvalue weighted by Crippen LogP contribution is -2.33. The highest BCUT2D eigenvalue weighted by atomic mass is 16.6. The average molecular weight is 279 g/mol. The molecule has 7 heteroatoms. The van der Waals surface area contributed by atoms with Crippen LogP contribution in [0, 0.1) is 16.0 Å². The summed E-state index contributed by atoms with van der Waals surface area (Å²) in [6.07, 6.45) is 1.61. The molecule has 20 heavy (non-hydrogen) atoms. The fourth-order valence-electron chi connectivity index (χ4n) is 2.30. The lowest BCUT2D eigenvalue weighted by Gasteiger charge is -2.17. The zero-order valence-electron chi connectivity index (χ0n) is 11.0. The molecule has 0 radical (unpaired) electrons. The number of aliphatic hydroxyl groups excluding tert-OH is 1. The molecule has 7 nitrogen and oxygen atoms in total. The van der Waals surface area contributed by atoms with Crippen LogP contribution < -0.4 is 5.32 Å². The molecule has 0 bridgehead atoms. The van der Waals surface area contributed by atoms with Gasteiger partial charge in [0.2, 0.25) is 0 Å². The number of hydrogen-bond acceptors (Lipinski definition) is 4. The van der Waals surface area contributed by atoms with Gasteiger partial charge in [0.15, 0.2) is 0 Å². The van der Waals surface area contributed by atoms with Gasteiger partial charge in [-0.2, -0.15) is 0 Å². The summed E-state index contributed by atoms with van der Waals surface area (Å²) in [5.74, 6) is 0.350. The van der Waals surface area contributed by atoms with Gasteiger partial charge in [0.25, 0.3) is 5.69 Å². The van der Waals surface area contributed by atoms with Crippen molar-refractivity contribution in [2.45, 2.75) is 12.8 Å². The van der Waals surface area contributed by atoms with Crippen molar-refractivity contribution >= 4 is 17.4 Å². The van der Waals surface area contributed by atoms with Crippen molar-refractivity contribution in [1.29, 1.82) is 0 Å². The van der Waals surface area contributed by atoms with Crippen molar-refractivity contribution in [3.05, 3.63) is 34.4 Å². The molecule has 1 fully saturated rings. The Kier molecular flexibility index (Phi) is 4.52. The van der Waals surface area contributed by atoms with E-state index in [1.165, 1.54) is 24.3 Å². The van der Waals surface area contributed by atoms with E-state index in [4.69, 9.17) is 5.11 Å². The van der Waals surface area contributed by atoms with Gasteiger partial charge in [-0.1, -0.05) is 0 Å². The maximum absolute atomic E-state index is 12.0. The number of anilines is 1. The average Bonchev–Trinajstić information content (AvgIpc) is 2.88. The van der Waals surface area contributed by atoms with Crippen LogP contribution in [-0.2, 0) is 0 Å². The predicted octanol–water partition coefficient (Wildman–Crippen LogP) is 1.83. The highest BCUT2D eigenvalue weighted by Gasteiger charge is 2.25. The van der Waals surface area contributed by atoms with Crippen LogP contribution in [0.25, 0.3) is 0 Å². The van der Waals surface area contributed by atoms with E-state index in [0.29, 0.717) is 31.1 Å². The summed E-state index contributed by atoms with van der Waals surface area (Å²) in [6, 6.07) is 5.52. The fourth-order valence-corrected chi connectivity index (χ4v) is 2.30. The van der Waals surface area contributed by atoms with Gasteiger partial charge in [-0.25, -0.2) is 4.79 Å². The Morgan fingerprint density at radius 2 is 2.15 bits per heavy atom. The minimum Gasteiger partial charge on any atom is -0.396 e. The molecule has 0 saturated carbocycles. The van der Waals surface area contributed by atoms with Crippen LogP contribution in [0.1, 0.15) is 12.8 Å². The van der Waals surface area contributed by atoms with Gasteiger partial charge in [0.1, 0.15) is 0 Å². The molecular formula is C13H17N3O4. The molecule has 1 aliphatic rings. The van der Waals surface area contributed by atoms with Crippen LogP contribution in [0.3, 0.4) is 0 Å². The highest BCUT2D eigenvalue weighted by Crippen LogP contribution is 2.21. The number of urea groups is 1. The van der Waals surface area contributed by atoms with Crippen LogP contribution >= 0.6 is 0 Å². The number of nitro benzene ring substituents is 1. The van der Waals surface area contributed by atoms with E-state index in [0.717, 1.165) is 6.42 Å². The second-order valence-electron chi connectivity index (χ2n) is 4.85. The van der Waals surface area contributed by atoms with Crippen molar-refractivity contribution in [1.82, 2.24) is 4.90 Å². The molecule has 1 aromatic rings. The quantitative estimate of drug-likeness (QED) is 0.649. The number of nitrogens with one attached hydrogen (secondary N) is 1. The summed E-state index contributed by atoms with van der Waals surface area (Å²) < 4.78 is 0. The van der Waals surface area contributed by atoms with Crippen LogP contribution in [0.5, 0.6) is 0 Å². The SMILES string of the molecule is O=C(Nc1ccc([N+](=O)[O-])cc1)N1CCC(CCO)C1. The van der Waals surface area contributed by atoms with Crippen molar-refractivity contribution in [2.75, 3.05) is 25.0 Å². The van der Waals surface area contributed by atoms with Gasteiger partial charge in [0, 0.05) is 37.5 Å². The Bertz CT molecular complexity index is 489. The van der Waals surface area contributed by atoms with Gasteiger partial charge in [-0.15, -0.1) is 0 Å². The van der Waals surface area contributed by atoms with E-state index >= 15 is 0 Å². The number of nitro groups is 1. The van der Waals surface area contributed by atoms with Gasteiger partial charge in [-0.3, -0.25) is 10.1 Å². The third kappa shape index (κ3) is 3.45. The molecule has 1 heterocycles. The number of benzene rings is 1. The topological polar surface area (TPSA) is 95.7 Å². The molecule has 1 aromatic carbocycles. The number of nitrogens with zero attached hydrogens (tertiary/aromatic N) is 2. The third-order valence-corrected chi connectivity index (χ3v) is 3.44. The zero-order valence-corrected chi connectivity index (χ0v) is 11.0. The first-order valence-electron chi connectivity index (χ1n) is 6.51. The first kappa shape index (κ1) is 14.3. The first-order chi connectivity index (χ1) is 9.60. The molecule has 1 unspecified atom stereocenters. The molecule has 108 valence electrons. The largest absolute Gasteiger partial charge is 0.396 e. The molecule has 0 spiro atoms. The van der Waals surface area contributed by atoms with Crippen LogP contribution in [-0.4, -0.2) is 40.7 Å². The molecular weight excluding hydrogens is 262 g/mol. The number of likely N-dealkylation sites (tertiary alicyclic amines) is 1. The lowest BCUT2D eigenvalue weighted by atomic mass is 10.1. The van der Waals surface area contributed by atoms with E-state index in [9.17, 15) is 14.9 Å². The standard InChI is InChI=1S/C13H17N3O4/c17-8-6-10-5-7-15(9-10)13(18)14-11-1-3-12(4-2-11)16(19)20/h1-4,10,17H,5-9H2,(H,14,18). The van der Waals surface area contributed by atoms with Gasteiger partial charge in [0.05, 0.1) is 4.92 Å². The number of rotatable bonds is 4. The van der Waals surface area contributed by atoms with E-state index in [1.54, 1.807) is 4.90 Å². The molecule has 1 aliphatic heterocycles. The minimum atomic E-state index is -0.481. The Labute approximate surface area is 116 Å². The number of carbonyl (C=O) groups is 1. The van der Waals surface area contributed by atoms with Gasteiger partial charge < -0.3 is 15.3 Å². The molecule has 1 saturated heterocycles. The Morgan fingerprint density at radius 3 is 2.75 bits per heavy atom. The predicted molar refractivity (Wildman–Crippen MR) is 73.5 cm³/mol. The normalized spacial score (nSPS) is 18.1. The molecule has 2 amide bonds. The van der Waals surface area contributed by atoms with E-state index in [-0.39, 0.29) is 18.3 Å². The summed E-state index contributed by atoms with van der Waals surface area (Å²) in [6.45, 7) is 1.45. The summed E-state index contributed by atoms with van der Waals surface area (Å²) >= 11 is 0. The zero-order chi connectivity index (χ0) is 14.5. The maximum atomic E-state index is 12.0. The fraction of sp³-hybridized carbons (Fsp3) is 0.462. The van der Waals surface area contributed by atoms with Crippen molar-refractivity contribution < 1.29 is 14.8 Å². The number of hydrogen-bond donors (Lipinski definition) is 2. The molecule has 2 rings (SSSR count). The summed E-state index contributed by atoms with van der Waals surface area (Å²) in [4.78, 5) is 23.7. The lowest BCUT2D eigenvalue weighted by molar-refractivity contribution is -0.384. The minimum absolute atomic E-state index is 0.00724.